The molecule has 0 aliphatic heterocycles. The highest BCUT2D eigenvalue weighted by Gasteiger charge is 2.13. The van der Waals surface area contributed by atoms with Crippen molar-refractivity contribution in [3.63, 3.8) is 0 Å². The molecular formula is C26H23N7OS. The zero-order chi connectivity index (χ0) is 24.0. The molecule has 0 spiro atoms. The van der Waals surface area contributed by atoms with Gasteiger partial charge in [-0.3, -0.25) is 14.9 Å². The zero-order valence-electron chi connectivity index (χ0n) is 19.0. The van der Waals surface area contributed by atoms with Gasteiger partial charge < -0.3 is 4.57 Å². The average Bonchev–Trinajstić information content (AvgIpc) is 3.49. The molecule has 0 aliphatic carbocycles. The number of carbonyl (C=O) groups excluding carboxylic acids is 1. The third-order valence-corrected chi connectivity index (χ3v) is 6.59. The van der Waals surface area contributed by atoms with Crippen molar-refractivity contribution in [2.45, 2.75) is 22.6 Å². The van der Waals surface area contributed by atoms with Crippen LogP contribution in [0.3, 0.4) is 0 Å². The summed E-state index contributed by atoms with van der Waals surface area (Å²) in [5.41, 5.74) is 6.18. The molecule has 1 amide bonds. The number of rotatable bonds is 8. The maximum atomic E-state index is 12.8. The van der Waals surface area contributed by atoms with Crippen LogP contribution in [0.25, 0.3) is 10.9 Å². The number of nitrogens with one attached hydrogen (secondary N) is 2. The summed E-state index contributed by atoms with van der Waals surface area (Å²) in [6.45, 7) is 0. The second-order valence-corrected chi connectivity index (χ2v) is 9.01. The summed E-state index contributed by atoms with van der Waals surface area (Å²) in [5.74, 6) is 0.371. The molecule has 2 N–H and O–H groups in total. The van der Waals surface area contributed by atoms with Crippen LogP contribution >= 0.6 is 11.8 Å². The molecule has 35 heavy (non-hydrogen) atoms. The van der Waals surface area contributed by atoms with Crippen LogP contribution < -0.4 is 5.43 Å². The Morgan fingerprint density at radius 1 is 1.09 bits per heavy atom. The molecule has 8 nitrogen and oxygen atoms in total. The molecule has 0 fully saturated rings. The molecule has 0 saturated carbocycles. The molecule has 0 atom stereocenters. The van der Waals surface area contributed by atoms with Crippen molar-refractivity contribution in [3.05, 3.63) is 102 Å². The number of hydrogen-bond donors (Lipinski definition) is 2. The molecule has 0 saturated heterocycles. The van der Waals surface area contributed by atoms with Crippen LogP contribution in [0.1, 0.15) is 27.6 Å². The van der Waals surface area contributed by atoms with Gasteiger partial charge in [0, 0.05) is 52.2 Å². The van der Waals surface area contributed by atoms with E-state index in [2.05, 4.69) is 42.8 Å². The molecule has 5 aromatic rings. The Hall–Kier alpha value is -4.24. The molecule has 3 aromatic heterocycles. The lowest BCUT2D eigenvalue weighted by atomic mass is 10.1. The molecule has 0 bridgehead atoms. The molecule has 174 valence electrons. The second-order valence-electron chi connectivity index (χ2n) is 7.90. The van der Waals surface area contributed by atoms with E-state index in [0.29, 0.717) is 11.4 Å². The predicted molar refractivity (Wildman–Crippen MR) is 137 cm³/mol. The lowest BCUT2D eigenvalue weighted by Crippen LogP contribution is -2.18. The van der Waals surface area contributed by atoms with Crippen LogP contribution in [-0.4, -0.2) is 36.9 Å². The third-order valence-electron chi connectivity index (χ3n) is 5.53. The van der Waals surface area contributed by atoms with Gasteiger partial charge in [-0.25, -0.2) is 10.4 Å². The molecule has 5 rings (SSSR count). The molecule has 0 unspecified atom stereocenters. The van der Waals surface area contributed by atoms with Crippen LogP contribution in [0.15, 0.2) is 94.1 Å². The normalized spacial score (nSPS) is 11.3. The molecule has 2 aromatic carbocycles. The average molecular weight is 482 g/mol. The van der Waals surface area contributed by atoms with Gasteiger partial charge in [0.05, 0.1) is 17.3 Å². The summed E-state index contributed by atoms with van der Waals surface area (Å²) < 4.78 is 1.81. The highest BCUT2D eigenvalue weighted by atomic mass is 32.2. The second kappa shape index (κ2) is 10.4. The Balaban J connectivity index is 1.29. The first-order valence-electron chi connectivity index (χ1n) is 11.1. The molecule has 9 heteroatoms. The monoisotopic (exact) mass is 481 g/mol. The Bertz CT molecular complexity index is 1490. The highest BCUT2D eigenvalue weighted by Crippen LogP contribution is 2.32. The minimum Gasteiger partial charge on any atom is -0.333 e. The van der Waals surface area contributed by atoms with Crippen molar-refractivity contribution in [1.29, 1.82) is 0 Å². The number of nitrogens with zero attached hydrogens (tertiary/aromatic N) is 5. The Morgan fingerprint density at radius 3 is 2.80 bits per heavy atom. The van der Waals surface area contributed by atoms with E-state index >= 15 is 0 Å². The summed E-state index contributed by atoms with van der Waals surface area (Å²) in [6, 6.07) is 19.6. The topological polar surface area (TPSA) is 101 Å². The summed E-state index contributed by atoms with van der Waals surface area (Å²) in [7, 11) is 1.86. The number of hydrazone groups is 1. The minimum atomic E-state index is -0.281. The van der Waals surface area contributed by atoms with Gasteiger partial charge in [0.25, 0.3) is 5.91 Å². The maximum Gasteiger partial charge on any atom is 0.272 e. The highest BCUT2D eigenvalue weighted by molar-refractivity contribution is 7.99. The molecule has 3 heterocycles. The number of carbonyl (C=O) groups is 1. The predicted octanol–water partition coefficient (Wildman–Crippen LogP) is 4.39. The van der Waals surface area contributed by atoms with Crippen molar-refractivity contribution < 1.29 is 4.79 Å². The van der Waals surface area contributed by atoms with E-state index in [1.54, 1.807) is 12.3 Å². The fourth-order valence-corrected chi connectivity index (χ4v) is 4.66. The smallest absolute Gasteiger partial charge is 0.272 e. The Labute approximate surface area is 206 Å². The van der Waals surface area contributed by atoms with Crippen molar-refractivity contribution in [3.8, 4) is 0 Å². The number of aryl methyl sites for hydroxylation is 3. The fourth-order valence-electron chi connectivity index (χ4n) is 3.68. The molecule has 0 radical (unpaired) electrons. The van der Waals surface area contributed by atoms with Crippen LogP contribution in [0.2, 0.25) is 0 Å². The van der Waals surface area contributed by atoms with Crippen LogP contribution in [0, 0.1) is 0 Å². The number of pyridine rings is 1. The largest absolute Gasteiger partial charge is 0.333 e. The number of aromatic amines is 1. The van der Waals surface area contributed by atoms with E-state index in [1.165, 1.54) is 18.0 Å². The first-order chi connectivity index (χ1) is 17.2. The number of hydrogen-bond acceptors (Lipinski definition) is 6. The lowest BCUT2D eigenvalue weighted by molar-refractivity contribution is 0.0952. The number of H-pyrrole nitrogens is 1. The van der Waals surface area contributed by atoms with Gasteiger partial charge in [-0.05, 0) is 55.3 Å². The van der Waals surface area contributed by atoms with E-state index in [4.69, 9.17) is 0 Å². The minimum absolute atomic E-state index is 0.281. The van der Waals surface area contributed by atoms with Crippen molar-refractivity contribution in [2.24, 2.45) is 12.1 Å². The summed E-state index contributed by atoms with van der Waals surface area (Å²) in [6.07, 6.45) is 8.50. The summed E-state index contributed by atoms with van der Waals surface area (Å²) in [4.78, 5) is 23.2. The first kappa shape index (κ1) is 22.5. The van der Waals surface area contributed by atoms with Gasteiger partial charge in [-0.2, -0.15) is 10.2 Å². The summed E-state index contributed by atoms with van der Waals surface area (Å²) >= 11 is 1.52. The van der Waals surface area contributed by atoms with E-state index in [-0.39, 0.29) is 5.91 Å². The number of aromatic nitrogens is 5. The summed E-state index contributed by atoms with van der Waals surface area (Å²) in [5, 5.41) is 12.8. The van der Waals surface area contributed by atoms with Gasteiger partial charge >= 0.3 is 0 Å². The Morgan fingerprint density at radius 2 is 1.97 bits per heavy atom. The maximum absolute atomic E-state index is 12.8. The zero-order valence-corrected chi connectivity index (χ0v) is 19.9. The van der Waals surface area contributed by atoms with Gasteiger partial charge in [0.2, 0.25) is 0 Å². The van der Waals surface area contributed by atoms with Crippen molar-refractivity contribution in [1.82, 2.24) is 30.2 Å². The fraction of sp³-hybridized carbons (Fsp3) is 0.115. The number of benzene rings is 2. The lowest BCUT2D eigenvalue weighted by Gasteiger charge is -2.08. The van der Waals surface area contributed by atoms with E-state index < -0.39 is 0 Å². The van der Waals surface area contributed by atoms with Gasteiger partial charge in [0.15, 0.2) is 5.82 Å². The SMILES string of the molecule is Cn1ccnc1/C=N/NC(=O)c1ccccc1Sc1ccc2c(CCc3ccccn3)[nH]nc2c1. The van der Waals surface area contributed by atoms with Crippen molar-refractivity contribution in [2.75, 3.05) is 0 Å². The van der Waals surface area contributed by atoms with Gasteiger partial charge in [0.1, 0.15) is 0 Å². The number of imidazole rings is 1. The Kier molecular flexibility index (Phi) is 6.67. The standard InChI is InChI=1S/C26H23N7OS/c1-33-15-14-28-25(33)17-29-32-26(34)21-7-2-3-8-24(21)35-19-10-11-20-22(30-31-23(20)16-19)12-9-18-6-4-5-13-27-18/h2-8,10-11,13-17H,9,12H2,1H3,(H,30,31)(H,32,34)/b29-17+. The first-order valence-corrected chi connectivity index (χ1v) is 11.9. The van der Waals surface area contributed by atoms with E-state index in [0.717, 1.165) is 44.9 Å². The van der Waals surface area contributed by atoms with E-state index in [1.807, 2.05) is 66.5 Å². The number of amides is 1. The van der Waals surface area contributed by atoms with Crippen molar-refractivity contribution >= 4 is 34.8 Å². The van der Waals surface area contributed by atoms with Crippen LogP contribution in [-0.2, 0) is 19.9 Å². The third kappa shape index (κ3) is 5.30. The van der Waals surface area contributed by atoms with Gasteiger partial charge in [-0.15, -0.1) is 0 Å². The van der Waals surface area contributed by atoms with E-state index in [9.17, 15) is 4.79 Å². The van der Waals surface area contributed by atoms with Crippen LogP contribution in [0.5, 0.6) is 0 Å². The number of fused-ring (bicyclic) bond motifs is 1. The molecular weight excluding hydrogens is 458 g/mol. The quantitative estimate of drug-likeness (QED) is 0.253. The van der Waals surface area contributed by atoms with Gasteiger partial charge in [-0.1, -0.05) is 30.0 Å². The molecule has 0 aliphatic rings. The van der Waals surface area contributed by atoms with Crippen LogP contribution in [0.4, 0.5) is 0 Å².